The van der Waals surface area contributed by atoms with Gasteiger partial charge in [-0.25, -0.2) is 4.39 Å². The van der Waals surface area contributed by atoms with Gasteiger partial charge in [0, 0.05) is 12.6 Å². The molecule has 0 spiro atoms. The summed E-state index contributed by atoms with van der Waals surface area (Å²) >= 11 is 0. The zero-order valence-corrected chi connectivity index (χ0v) is 12.4. The average Bonchev–Trinajstić information content (AvgIpc) is 2.46. The van der Waals surface area contributed by atoms with Crippen LogP contribution in [0.4, 0.5) is 15.8 Å². The number of hydrogen-bond donors (Lipinski definition) is 3. The van der Waals surface area contributed by atoms with Crippen molar-refractivity contribution in [1.29, 1.82) is 0 Å². The predicted molar refractivity (Wildman–Crippen MR) is 84.9 cm³/mol. The van der Waals surface area contributed by atoms with Gasteiger partial charge in [-0.3, -0.25) is 0 Å². The van der Waals surface area contributed by atoms with Crippen LogP contribution in [0.3, 0.4) is 0 Å². The highest BCUT2D eigenvalue weighted by molar-refractivity contribution is 5.69. The molecule has 0 radical (unpaired) electrons. The van der Waals surface area contributed by atoms with Crippen molar-refractivity contribution in [2.45, 2.75) is 33.0 Å². The monoisotopic (exact) mass is 288 g/mol. The fraction of sp³-hybridized carbons (Fsp3) is 0.294. The smallest absolute Gasteiger partial charge is 0.148 e. The molecule has 3 N–H and O–H groups in total. The van der Waals surface area contributed by atoms with Crippen molar-refractivity contribution in [3.05, 3.63) is 59.4 Å². The number of para-hydroxylation sites is 1. The molecule has 0 saturated heterocycles. The van der Waals surface area contributed by atoms with E-state index in [9.17, 15) is 4.39 Å². The normalized spacial score (nSPS) is 10.7. The fourth-order valence-corrected chi connectivity index (χ4v) is 2.09. The lowest BCUT2D eigenvalue weighted by atomic mass is 10.1. The number of aliphatic hydroxyl groups is 1. The summed E-state index contributed by atoms with van der Waals surface area (Å²) in [4.78, 5) is 0. The SMILES string of the molecule is CC(C)Nc1cccc(F)c1NCc1ccc(CO)cc1. The molecule has 0 aliphatic carbocycles. The maximum absolute atomic E-state index is 14.0. The number of benzene rings is 2. The Morgan fingerprint density at radius 3 is 2.33 bits per heavy atom. The van der Waals surface area contributed by atoms with Crippen LogP contribution in [-0.4, -0.2) is 11.1 Å². The number of aliphatic hydroxyl groups excluding tert-OH is 1. The van der Waals surface area contributed by atoms with Crippen molar-refractivity contribution in [2.75, 3.05) is 10.6 Å². The summed E-state index contributed by atoms with van der Waals surface area (Å²) in [6.45, 7) is 4.59. The van der Waals surface area contributed by atoms with Crippen molar-refractivity contribution >= 4 is 11.4 Å². The van der Waals surface area contributed by atoms with Crippen molar-refractivity contribution < 1.29 is 9.50 Å². The quantitative estimate of drug-likeness (QED) is 0.758. The molecule has 4 heteroatoms. The second-order valence-corrected chi connectivity index (χ2v) is 5.29. The van der Waals surface area contributed by atoms with Gasteiger partial charge in [0.2, 0.25) is 0 Å². The maximum atomic E-state index is 14.0. The van der Waals surface area contributed by atoms with E-state index < -0.39 is 0 Å². The third kappa shape index (κ3) is 4.20. The molecule has 2 aromatic carbocycles. The average molecular weight is 288 g/mol. The zero-order valence-electron chi connectivity index (χ0n) is 12.4. The molecule has 0 aliphatic rings. The minimum Gasteiger partial charge on any atom is -0.392 e. The lowest BCUT2D eigenvalue weighted by Gasteiger charge is -2.17. The molecule has 0 unspecified atom stereocenters. The van der Waals surface area contributed by atoms with Crippen molar-refractivity contribution in [1.82, 2.24) is 0 Å². The first-order valence-electron chi connectivity index (χ1n) is 7.07. The van der Waals surface area contributed by atoms with Crippen LogP contribution in [0.2, 0.25) is 0 Å². The topological polar surface area (TPSA) is 44.3 Å². The molecule has 0 fully saturated rings. The van der Waals surface area contributed by atoms with E-state index >= 15 is 0 Å². The number of rotatable bonds is 6. The third-order valence-corrected chi connectivity index (χ3v) is 3.13. The van der Waals surface area contributed by atoms with Gasteiger partial charge in [0.15, 0.2) is 0 Å². The second-order valence-electron chi connectivity index (χ2n) is 5.29. The van der Waals surface area contributed by atoms with Gasteiger partial charge in [-0.15, -0.1) is 0 Å². The van der Waals surface area contributed by atoms with Gasteiger partial charge < -0.3 is 15.7 Å². The highest BCUT2D eigenvalue weighted by Gasteiger charge is 2.08. The number of hydrogen-bond acceptors (Lipinski definition) is 3. The van der Waals surface area contributed by atoms with E-state index in [2.05, 4.69) is 10.6 Å². The minimum absolute atomic E-state index is 0.0312. The molecule has 2 aromatic rings. The Balaban J connectivity index is 2.11. The van der Waals surface area contributed by atoms with Crippen molar-refractivity contribution in [3.8, 4) is 0 Å². The summed E-state index contributed by atoms with van der Waals surface area (Å²) in [5.41, 5.74) is 3.15. The number of nitrogens with one attached hydrogen (secondary N) is 2. The van der Waals surface area contributed by atoms with Crippen molar-refractivity contribution in [3.63, 3.8) is 0 Å². The van der Waals surface area contributed by atoms with Gasteiger partial charge >= 0.3 is 0 Å². The Bertz CT molecular complexity index is 582. The van der Waals surface area contributed by atoms with Gasteiger partial charge in [-0.05, 0) is 37.1 Å². The van der Waals surface area contributed by atoms with Crippen LogP contribution in [-0.2, 0) is 13.2 Å². The Morgan fingerprint density at radius 1 is 1.05 bits per heavy atom. The first kappa shape index (κ1) is 15.3. The Hall–Kier alpha value is -2.07. The molecule has 0 heterocycles. The van der Waals surface area contributed by atoms with E-state index in [1.807, 2.05) is 44.2 Å². The van der Waals surface area contributed by atoms with Gasteiger partial charge in [0.25, 0.3) is 0 Å². The summed E-state index contributed by atoms with van der Waals surface area (Å²) < 4.78 is 14.0. The third-order valence-electron chi connectivity index (χ3n) is 3.13. The molecule has 0 amide bonds. The molecule has 0 atom stereocenters. The zero-order chi connectivity index (χ0) is 15.2. The van der Waals surface area contributed by atoms with Crippen LogP contribution in [0, 0.1) is 5.82 Å². The van der Waals surface area contributed by atoms with Gasteiger partial charge in [-0.1, -0.05) is 30.3 Å². The van der Waals surface area contributed by atoms with E-state index in [0.717, 1.165) is 16.8 Å². The Kier molecular flexibility index (Phi) is 5.17. The highest BCUT2D eigenvalue weighted by Crippen LogP contribution is 2.26. The van der Waals surface area contributed by atoms with Crippen LogP contribution in [0.5, 0.6) is 0 Å². The van der Waals surface area contributed by atoms with E-state index in [0.29, 0.717) is 12.2 Å². The summed E-state index contributed by atoms with van der Waals surface area (Å²) in [6.07, 6.45) is 0. The second kappa shape index (κ2) is 7.09. The Morgan fingerprint density at radius 2 is 1.71 bits per heavy atom. The molecule has 21 heavy (non-hydrogen) atoms. The number of anilines is 2. The standard InChI is InChI=1S/C17H21FN2O/c1-12(2)20-16-5-3-4-15(18)17(16)19-10-13-6-8-14(11-21)9-7-13/h3-9,12,19-21H,10-11H2,1-2H3. The molecule has 3 nitrogen and oxygen atoms in total. The number of halogens is 1. The largest absolute Gasteiger partial charge is 0.392 e. The molecule has 112 valence electrons. The summed E-state index contributed by atoms with van der Waals surface area (Å²) in [6, 6.07) is 12.8. The van der Waals surface area contributed by atoms with Crippen LogP contribution < -0.4 is 10.6 Å². The molecular weight excluding hydrogens is 267 g/mol. The fourth-order valence-electron chi connectivity index (χ4n) is 2.09. The molecule has 2 rings (SSSR count). The van der Waals surface area contributed by atoms with E-state index in [1.54, 1.807) is 6.07 Å². The first-order chi connectivity index (χ1) is 10.1. The van der Waals surface area contributed by atoms with Crippen molar-refractivity contribution in [2.24, 2.45) is 0 Å². The molecular formula is C17H21FN2O. The summed E-state index contributed by atoms with van der Waals surface area (Å²) in [7, 11) is 0. The van der Waals surface area contributed by atoms with Crippen LogP contribution >= 0.6 is 0 Å². The summed E-state index contributed by atoms with van der Waals surface area (Å²) in [5, 5.41) is 15.4. The maximum Gasteiger partial charge on any atom is 0.148 e. The molecule has 0 saturated carbocycles. The minimum atomic E-state index is -0.271. The Labute approximate surface area is 124 Å². The van der Waals surface area contributed by atoms with E-state index in [-0.39, 0.29) is 18.5 Å². The van der Waals surface area contributed by atoms with Crippen LogP contribution in [0.1, 0.15) is 25.0 Å². The highest BCUT2D eigenvalue weighted by atomic mass is 19.1. The molecule has 0 aliphatic heterocycles. The van der Waals surface area contributed by atoms with Gasteiger partial charge in [0.1, 0.15) is 5.82 Å². The summed E-state index contributed by atoms with van der Waals surface area (Å²) in [5.74, 6) is -0.271. The van der Waals surface area contributed by atoms with Crippen LogP contribution in [0.25, 0.3) is 0 Å². The molecule has 0 aromatic heterocycles. The molecule has 0 bridgehead atoms. The van der Waals surface area contributed by atoms with E-state index in [4.69, 9.17) is 5.11 Å². The van der Waals surface area contributed by atoms with Gasteiger partial charge in [0.05, 0.1) is 18.0 Å². The van der Waals surface area contributed by atoms with Crippen LogP contribution in [0.15, 0.2) is 42.5 Å². The predicted octanol–water partition coefficient (Wildman–Crippen LogP) is 3.75. The van der Waals surface area contributed by atoms with E-state index in [1.165, 1.54) is 6.07 Å². The van der Waals surface area contributed by atoms with Gasteiger partial charge in [-0.2, -0.15) is 0 Å². The first-order valence-corrected chi connectivity index (χ1v) is 7.07. The lowest BCUT2D eigenvalue weighted by Crippen LogP contribution is -2.13. The lowest BCUT2D eigenvalue weighted by molar-refractivity contribution is 0.282.